The number of fused-ring (bicyclic) bond motifs is 1. The molecule has 0 saturated carbocycles. The topological polar surface area (TPSA) is 44.5 Å². The molecular weight excluding hydrogens is 262 g/mol. The summed E-state index contributed by atoms with van der Waals surface area (Å²) >= 11 is 6.45. The monoisotopic (exact) mass is 283 g/mol. The van der Waals surface area contributed by atoms with Crippen LogP contribution in [0.3, 0.4) is 0 Å². The minimum atomic E-state index is 0.338. The maximum absolute atomic E-state index is 6.45. The molecule has 3 nitrogen and oxygen atoms in total. The normalized spacial score (nSPS) is 16.0. The third kappa shape index (κ3) is 2.98. The van der Waals surface area contributed by atoms with Gasteiger partial charge in [0.2, 0.25) is 0 Å². The van der Waals surface area contributed by atoms with Crippen molar-refractivity contribution < 1.29 is 9.47 Å². The van der Waals surface area contributed by atoms with Crippen LogP contribution >= 0.6 is 11.6 Å². The van der Waals surface area contributed by atoms with Gasteiger partial charge in [-0.3, -0.25) is 0 Å². The van der Waals surface area contributed by atoms with E-state index < -0.39 is 0 Å². The number of benzene rings is 1. The fraction of sp³-hybridized carbons (Fsp3) is 0.600. The van der Waals surface area contributed by atoms with E-state index in [1.54, 1.807) is 0 Å². The van der Waals surface area contributed by atoms with Gasteiger partial charge in [0.1, 0.15) is 0 Å². The molecule has 0 radical (unpaired) electrons. The Morgan fingerprint density at radius 2 is 2.11 bits per heavy atom. The van der Waals surface area contributed by atoms with Crippen molar-refractivity contribution in [3.8, 4) is 11.5 Å². The first kappa shape index (κ1) is 14.5. The predicted molar refractivity (Wildman–Crippen MR) is 78.5 cm³/mol. The van der Waals surface area contributed by atoms with E-state index in [2.05, 4.69) is 13.8 Å². The van der Waals surface area contributed by atoms with Crippen LogP contribution in [0.5, 0.6) is 11.5 Å². The highest BCUT2D eigenvalue weighted by molar-refractivity contribution is 6.31. The van der Waals surface area contributed by atoms with Crippen LogP contribution in [0.1, 0.15) is 43.7 Å². The maximum atomic E-state index is 6.45. The van der Waals surface area contributed by atoms with Crippen molar-refractivity contribution in [2.75, 3.05) is 19.8 Å². The second kappa shape index (κ2) is 6.49. The third-order valence-corrected chi connectivity index (χ3v) is 3.89. The molecule has 4 heteroatoms. The van der Waals surface area contributed by atoms with Crippen molar-refractivity contribution in [2.24, 2.45) is 5.73 Å². The average Bonchev–Trinajstić information content (AvgIpc) is 2.62. The van der Waals surface area contributed by atoms with Crippen LogP contribution in [0.4, 0.5) is 0 Å². The van der Waals surface area contributed by atoms with Crippen LogP contribution in [0, 0.1) is 0 Å². The fourth-order valence-corrected chi connectivity index (χ4v) is 3.03. The van der Waals surface area contributed by atoms with Crippen molar-refractivity contribution >= 4 is 11.6 Å². The fourth-order valence-electron chi connectivity index (χ4n) is 2.63. The highest BCUT2D eigenvalue weighted by Gasteiger charge is 2.23. The zero-order valence-electron chi connectivity index (χ0n) is 11.7. The van der Waals surface area contributed by atoms with E-state index in [0.717, 1.165) is 35.8 Å². The Morgan fingerprint density at radius 3 is 2.79 bits per heavy atom. The lowest BCUT2D eigenvalue weighted by Crippen LogP contribution is -2.09. The van der Waals surface area contributed by atoms with Gasteiger partial charge in [-0.2, -0.15) is 0 Å². The van der Waals surface area contributed by atoms with Gasteiger partial charge >= 0.3 is 0 Å². The first-order valence-corrected chi connectivity index (χ1v) is 7.37. The van der Waals surface area contributed by atoms with E-state index >= 15 is 0 Å². The van der Waals surface area contributed by atoms with Crippen molar-refractivity contribution in [3.05, 3.63) is 22.2 Å². The number of hydrogen-bond acceptors (Lipinski definition) is 3. The molecule has 0 fully saturated rings. The maximum Gasteiger partial charge on any atom is 0.164 e. The highest BCUT2D eigenvalue weighted by atomic mass is 35.5. The molecule has 0 bridgehead atoms. The molecule has 0 aromatic heterocycles. The molecule has 0 spiro atoms. The second-order valence-electron chi connectivity index (χ2n) is 4.96. The SMILES string of the molecule is CCc1c2c(cc(Cl)c1C(C)CCN)OCCCO2. The molecule has 19 heavy (non-hydrogen) atoms. The second-order valence-corrected chi connectivity index (χ2v) is 5.37. The summed E-state index contributed by atoms with van der Waals surface area (Å²) in [6, 6.07) is 1.89. The summed E-state index contributed by atoms with van der Waals surface area (Å²) in [7, 11) is 0. The Balaban J connectivity index is 2.51. The Kier molecular flexibility index (Phi) is 4.94. The van der Waals surface area contributed by atoms with Crippen LogP contribution in [-0.4, -0.2) is 19.8 Å². The molecule has 2 rings (SSSR count). The van der Waals surface area contributed by atoms with E-state index in [1.807, 2.05) is 6.07 Å². The summed E-state index contributed by atoms with van der Waals surface area (Å²) in [5.74, 6) is 2.00. The molecule has 1 aliphatic heterocycles. The summed E-state index contributed by atoms with van der Waals surface area (Å²) in [6.07, 6.45) is 2.71. The van der Waals surface area contributed by atoms with E-state index in [0.29, 0.717) is 25.7 Å². The van der Waals surface area contributed by atoms with Gasteiger partial charge in [-0.05, 0) is 30.9 Å². The van der Waals surface area contributed by atoms with Crippen molar-refractivity contribution in [1.82, 2.24) is 0 Å². The van der Waals surface area contributed by atoms with E-state index in [9.17, 15) is 0 Å². The number of nitrogens with two attached hydrogens (primary N) is 1. The van der Waals surface area contributed by atoms with Gasteiger partial charge in [-0.25, -0.2) is 0 Å². The number of halogens is 1. The van der Waals surface area contributed by atoms with Crippen molar-refractivity contribution in [2.45, 2.75) is 39.0 Å². The van der Waals surface area contributed by atoms with Gasteiger partial charge in [-0.15, -0.1) is 0 Å². The summed E-state index contributed by atoms with van der Waals surface area (Å²) in [6.45, 7) is 6.33. The van der Waals surface area contributed by atoms with Crippen LogP contribution in [0.25, 0.3) is 0 Å². The predicted octanol–water partition coefficient (Wildman–Crippen LogP) is 3.52. The van der Waals surface area contributed by atoms with Crippen LogP contribution < -0.4 is 15.2 Å². The zero-order valence-corrected chi connectivity index (χ0v) is 12.4. The molecule has 1 atom stereocenters. The van der Waals surface area contributed by atoms with Crippen LogP contribution in [0.2, 0.25) is 5.02 Å². The number of ether oxygens (including phenoxy) is 2. The smallest absolute Gasteiger partial charge is 0.164 e. The minimum Gasteiger partial charge on any atom is -0.489 e. The standard InChI is InChI=1S/C15H22ClNO2/c1-3-11-14(10(2)5-6-17)12(16)9-13-15(11)19-8-4-7-18-13/h9-10H,3-8,17H2,1-2H3. The molecule has 0 amide bonds. The first-order valence-electron chi connectivity index (χ1n) is 7.00. The number of hydrogen-bond donors (Lipinski definition) is 1. The lowest BCUT2D eigenvalue weighted by atomic mass is 9.91. The quantitative estimate of drug-likeness (QED) is 0.919. The molecule has 1 aliphatic rings. The molecule has 1 aromatic carbocycles. The number of rotatable bonds is 4. The van der Waals surface area contributed by atoms with E-state index in [1.165, 1.54) is 11.1 Å². The largest absolute Gasteiger partial charge is 0.489 e. The summed E-state index contributed by atoms with van der Waals surface area (Å²) in [4.78, 5) is 0. The molecule has 106 valence electrons. The zero-order chi connectivity index (χ0) is 13.8. The highest BCUT2D eigenvalue weighted by Crippen LogP contribution is 2.43. The van der Waals surface area contributed by atoms with E-state index in [-0.39, 0.29) is 0 Å². The van der Waals surface area contributed by atoms with Gasteiger partial charge in [-0.1, -0.05) is 25.4 Å². The first-order chi connectivity index (χ1) is 9.19. The van der Waals surface area contributed by atoms with E-state index in [4.69, 9.17) is 26.8 Å². The molecule has 2 N–H and O–H groups in total. The van der Waals surface area contributed by atoms with Gasteiger partial charge in [0.15, 0.2) is 11.5 Å². The Hall–Kier alpha value is -0.930. The van der Waals surface area contributed by atoms with Gasteiger partial charge in [0.25, 0.3) is 0 Å². The van der Waals surface area contributed by atoms with Crippen LogP contribution in [0.15, 0.2) is 6.07 Å². The Bertz CT molecular complexity index is 448. The van der Waals surface area contributed by atoms with Gasteiger partial charge in [0, 0.05) is 23.1 Å². The van der Waals surface area contributed by atoms with Crippen LogP contribution in [-0.2, 0) is 6.42 Å². The lowest BCUT2D eigenvalue weighted by molar-refractivity contribution is 0.296. The third-order valence-electron chi connectivity index (χ3n) is 3.58. The Labute approximate surface area is 120 Å². The molecular formula is C15H22ClNO2. The van der Waals surface area contributed by atoms with Gasteiger partial charge in [0.05, 0.1) is 13.2 Å². The average molecular weight is 284 g/mol. The van der Waals surface area contributed by atoms with Gasteiger partial charge < -0.3 is 15.2 Å². The van der Waals surface area contributed by atoms with Crippen molar-refractivity contribution in [1.29, 1.82) is 0 Å². The molecule has 0 aliphatic carbocycles. The lowest BCUT2D eigenvalue weighted by Gasteiger charge is -2.21. The molecule has 1 unspecified atom stereocenters. The Morgan fingerprint density at radius 1 is 1.37 bits per heavy atom. The summed E-state index contributed by atoms with van der Waals surface area (Å²) in [5.41, 5.74) is 8.01. The molecule has 1 aromatic rings. The molecule has 0 saturated heterocycles. The summed E-state index contributed by atoms with van der Waals surface area (Å²) < 4.78 is 11.6. The molecule has 1 heterocycles. The minimum absolute atomic E-state index is 0.338. The van der Waals surface area contributed by atoms with Crippen molar-refractivity contribution in [3.63, 3.8) is 0 Å². The summed E-state index contributed by atoms with van der Waals surface area (Å²) in [5, 5.41) is 0.766.